The summed E-state index contributed by atoms with van der Waals surface area (Å²) in [6.07, 6.45) is 0.891. The first-order valence-electron chi connectivity index (χ1n) is 4.58. The van der Waals surface area contributed by atoms with E-state index in [1.807, 2.05) is 13.8 Å². The molecule has 2 atom stereocenters. The van der Waals surface area contributed by atoms with Gasteiger partial charge in [-0.05, 0) is 18.4 Å². The van der Waals surface area contributed by atoms with Crippen molar-refractivity contribution in [3.63, 3.8) is 0 Å². The zero-order valence-electron chi connectivity index (χ0n) is 8.73. The maximum absolute atomic E-state index is 10.9. The summed E-state index contributed by atoms with van der Waals surface area (Å²) in [6, 6.07) is -0.382. The monoisotopic (exact) mass is 200 g/mol. The Bertz CT molecular complexity index is 225. The third-order valence-electron chi connectivity index (χ3n) is 2.01. The number of methoxy groups -OCH3 is 1. The van der Waals surface area contributed by atoms with Gasteiger partial charge in [0.25, 0.3) is 0 Å². The minimum atomic E-state index is -0.497. The molecule has 0 aliphatic heterocycles. The van der Waals surface area contributed by atoms with Crippen LogP contribution in [0.15, 0.2) is 5.11 Å². The molecule has 0 heterocycles. The molecule has 6 heteroatoms. The van der Waals surface area contributed by atoms with E-state index in [0.717, 1.165) is 0 Å². The summed E-state index contributed by atoms with van der Waals surface area (Å²) in [5.41, 5.74) is 8.32. The molecule has 0 aliphatic rings. The molecular formula is C8H16N4O2. The molecule has 14 heavy (non-hydrogen) atoms. The largest absolute Gasteiger partial charge is 0.453 e. The van der Waals surface area contributed by atoms with Gasteiger partial charge in [-0.3, -0.25) is 0 Å². The molecule has 0 aromatic rings. The smallest absolute Gasteiger partial charge is 0.407 e. The quantitative estimate of drug-likeness (QED) is 0.419. The van der Waals surface area contributed by atoms with E-state index < -0.39 is 6.09 Å². The number of amides is 1. The Labute approximate surface area is 83.3 Å². The lowest BCUT2D eigenvalue weighted by atomic mass is 10.0. The van der Waals surface area contributed by atoms with Crippen LogP contribution in [0.4, 0.5) is 4.79 Å². The molecule has 1 amide bonds. The molecule has 0 saturated carbocycles. The van der Waals surface area contributed by atoms with Crippen molar-refractivity contribution < 1.29 is 9.53 Å². The second kappa shape index (κ2) is 7.03. The minimum Gasteiger partial charge on any atom is -0.453 e. The number of rotatable bonds is 5. The van der Waals surface area contributed by atoms with Gasteiger partial charge in [0, 0.05) is 11.0 Å². The zero-order valence-corrected chi connectivity index (χ0v) is 8.73. The number of hydrogen-bond acceptors (Lipinski definition) is 3. The number of nitrogens with zero attached hydrogens (tertiary/aromatic N) is 3. The van der Waals surface area contributed by atoms with E-state index in [-0.39, 0.29) is 12.1 Å². The molecule has 0 rings (SSSR count). The number of carbonyl (C=O) groups excluding carboxylic acids is 1. The van der Waals surface area contributed by atoms with Crippen molar-refractivity contribution in [3.05, 3.63) is 10.4 Å². The summed E-state index contributed by atoms with van der Waals surface area (Å²) in [5, 5.41) is 6.24. The number of azide groups is 1. The lowest BCUT2D eigenvalue weighted by Gasteiger charge is -2.21. The average molecular weight is 200 g/mol. The summed E-state index contributed by atoms with van der Waals surface area (Å²) in [7, 11) is 1.30. The van der Waals surface area contributed by atoms with Gasteiger partial charge in [-0.1, -0.05) is 19.0 Å². The van der Waals surface area contributed by atoms with E-state index in [9.17, 15) is 4.79 Å². The molecule has 0 aromatic heterocycles. The van der Waals surface area contributed by atoms with Crippen molar-refractivity contribution >= 4 is 6.09 Å². The van der Waals surface area contributed by atoms with Crippen LogP contribution >= 0.6 is 0 Å². The molecule has 0 aromatic carbocycles. The van der Waals surface area contributed by atoms with Crippen molar-refractivity contribution in [1.82, 2.24) is 5.32 Å². The van der Waals surface area contributed by atoms with Crippen molar-refractivity contribution in [2.24, 2.45) is 5.11 Å². The Hall–Kier alpha value is -1.42. The zero-order chi connectivity index (χ0) is 11.0. The van der Waals surface area contributed by atoms with E-state index in [1.165, 1.54) is 7.11 Å². The van der Waals surface area contributed by atoms with Crippen LogP contribution in [0.5, 0.6) is 0 Å². The van der Waals surface area contributed by atoms with Gasteiger partial charge in [0.2, 0.25) is 0 Å². The highest BCUT2D eigenvalue weighted by Gasteiger charge is 2.18. The average Bonchev–Trinajstić information content (AvgIpc) is 2.22. The van der Waals surface area contributed by atoms with Crippen molar-refractivity contribution in [3.8, 4) is 0 Å². The third-order valence-corrected chi connectivity index (χ3v) is 2.01. The molecule has 6 nitrogen and oxygen atoms in total. The van der Waals surface area contributed by atoms with E-state index in [2.05, 4.69) is 20.1 Å². The molecule has 0 aliphatic carbocycles. The fraction of sp³-hybridized carbons (Fsp3) is 0.875. The van der Waals surface area contributed by atoms with Gasteiger partial charge in [-0.15, -0.1) is 0 Å². The minimum absolute atomic E-state index is 0.164. The van der Waals surface area contributed by atoms with E-state index in [4.69, 9.17) is 5.53 Å². The first-order chi connectivity index (χ1) is 6.69. The standard InChI is InChI=1S/C8H16N4O2/c1-4-6(10-8(13)14-3)7(5-2)11-12-9/h6-7H,4-5H2,1-3H3,(H,10,13)/t6-,7+/m0/s1. The lowest BCUT2D eigenvalue weighted by molar-refractivity contribution is 0.164. The van der Waals surface area contributed by atoms with Crippen LogP contribution in [0.25, 0.3) is 10.4 Å². The molecule has 0 radical (unpaired) electrons. The van der Waals surface area contributed by atoms with Crippen LogP contribution in [0.3, 0.4) is 0 Å². The highest BCUT2D eigenvalue weighted by molar-refractivity contribution is 5.67. The van der Waals surface area contributed by atoms with Crippen LogP contribution < -0.4 is 5.32 Å². The van der Waals surface area contributed by atoms with Gasteiger partial charge in [-0.2, -0.15) is 0 Å². The van der Waals surface area contributed by atoms with E-state index in [0.29, 0.717) is 12.8 Å². The fourth-order valence-electron chi connectivity index (χ4n) is 1.19. The van der Waals surface area contributed by atoms with Gasteiger partial charge in [0.05, 0.1) is 13.2 Å². The summed E-state index contributed by atoms with van der Waals surface area (Å²) < 4.78 is 4.47. The van der Waals surface area contributed by atoms with Crippen LogP contribution in [0.2, 0.25) is 0 Å². The van der Waals surface area contributed by atoms with Gasteiger partial charge in [0.15, 0.2) is 0 Å². The molecule has 0 unspecified atom stereocenters. The lowest BCUT2D eigenvalue weighted by Crippen LogP contribution is -2.41. The van der Waals surface area contributed by atoms with Crippen LogP contribution in [-0.2, 0) is 4.74 Å². The van der Waals surface area contributed by atoms with Crippen molar-refractivity contribution in [2.75, 3.05) is 7.11 Å². The number of alkyl carbamates (subject to hydrolysis) is 1. The first-order valence-corrected chi connectivity index (χ1v) is 4.58. The summed E-state index contributed by atoms with van der Waals surface area (Å²) in [6.45, 7) is 3.82. The Morgan fingerprint density at radius 3 is 2.57 bits per heavy atom. The Morgan fingerprint density at radius 2 is 2.21 bits per heavy atom. The molecule has 1 N–H and O–H groups in total. The van der Waals surface area contributed by atoms with Crippen LogP contribution in [0.1, 0.15) is 26.7 Å². The van der Waals surface area contributed by atoms with Gasteiger partial charge < -0.3 is 10.1 Å². The molecular weight excluding hydrogens is 184 g/mol. The van der Waals surface area contributed by atoms with Gasteiger partial charge >= 0.3 is 6.09 Å². The number of nitrogens with one attached hydrogen (secondary N) is 1. The SMILES string of the molecule is CC[C@H](NC(=O)OC)[C@@H](CC)N=[N+]=[N-]. The summed E-state index contributed by atoms with van der Waals surface area (Å²) >= 11 is 0. The number of carbonyl (C=O) groups is 1. The Kier molecular flexibility index (Phi) is 6.32. The van der Waals surface area contributed by atoms with Gasteiger partial charge in [0.1, 0.15) is 0 Å². The highest BCUT2D eigenvalue weighted by Crippen LogP contribution is 2.08. The maximum Gasteiger partial charge on any atom is 0.407 e. The Balaban J connectivity index is 4.35. The number of hydrogen-bond donors (Lipinski definition) is 1. The Morgan fingerprint density at radius 1 is 1.57 bits per heavy atom. The van der Waals surface area contributed by atoms with Crippen LogP contribution in [0, 0.1) is 0 Å². The van der Waals surface area contributed by atoms with Crippen LogP contribution in [-0.4, -0.2) is 25.3 Å². The van der Waals surface area contributed by atoms with Crippen molar-refractivity contribution in [2.45, 2.75) is 38.8 Å². The normalized spacial score (nSPS) is 13.6. The van der Waals surface area contributed by atoms with E-state index in [1.54, 1.807) is 0 Å². The predicted molar refractivity (Wildman–Crippen MR) is 52.8 cm³/mol. The third kappa shape index (κ3) is 4.00. The number of ether oxygens (including phenoxy) is 1. The maximum atomic E-state index is 10.9. The topological polar surface area (TPSA) is 87.1 Å². The van der Waals surface area contributed by atoms with Crippen molar-refractivity contribution in [1.29, 1.82) is 0 Å². The van der Waals surface area contributed by atoms with Gasteiger partial charge in [-0.25, -0.2) is 4.79 Å². The highest BCUT2D eigenvalue weighted by atomic mass is 16.5. The second-order valence-corrected chi connectivity index (χ2v) is 2.83. The molecule has 0 spiro atoms. The van der Waals surface area contributed by atoms with E-state index >= 15 is 0 Å². The summed E-state index contributed by atoms with van der Waals surface area (Å²) in [5.74, 6) is 0. The second-order valence-electron chi connectivity index (χ2n) is 2.83. The molecule has 0 bridgehead atoms. The summed E-state index contributed by atoms with van der Waals surface area (Å²) in [4.78, 5) is 13.7. The first kappa shape index (κ1) is 12.6. The molecule has 0 saturated heterocycles. The fourth-order valence-corrected chi connectivity index (χ4v) is 1.19. The predicted octanol–water partition coefficient (Wildman–Crippen LogP) is 2.21. The molecule has 0 fully saturated rings. The molecule has 80 valence electrons.